The van der Waals surface area contributed by atoms with Crippen LogP contribution in [0.4, 0.5) is 13.2 Å². The van der Waals surface area contributed by atoms with Gasteiger partial charge in [0.2, 0.25) is 5.88 Å². The highest BCUT2D eigenvalue weighted by Gasteiger charge is 2.35. The minimum absolute atomic E-state index is 0.0786. The Kier molecular flexibility index (Phi) is 5.27. The number of halogens is 4. The van der Waals surface area contributed by atoms with Crippen molar-refractivity contribution in [2.75, 3.05) is 0 Å². The third kappa shape index (κ3) is 4.17. The van der Waals surface area contributed by atoms with Crippen molar-refractivity contribution in [1.82, 2.24) is 29.6 Å². The number of ether oxygens (including phenoxy) is 1. The molecular formula is C19H14ClF3N6O2. The Morgan fingerprint density at radius 2 is 1.81 bits per heavy atom. The molecule has 2 aromatic carbocycles. The van der Waals surface area contributed by atoms with Gasteiger partial charge in [-0.2, -0.15) is 22.5 Å². The molecule has 0 fully saturated rings. The number of hydrogen-bond acceptors (Lipinski definition) is 5. The predicted octanol–water partition coefficient (Wildman–Crippen LogP) is 3.40. The zero-order valence-corrected chi connectivity index (χ0v) is 16.7. The van der Waals surface area contributed by atoms with Gasteiger partial charge < -0.3 is 4.74 Å². The van der Waals surface area contributed by atoms with Gasteiger partial charge in [0.15, 0.2) is 0 Å². The van der Waals surface area contributed by atoms with Crippen LogP contribution in [0.1, 0.15) is 11.1 Å². The van der Waals surface area contributed by atoms with E-state index in [1.54, 1.807) is 30.5 Å². The highest BCUT2D eigenvalue weighted by atomic mass is 35.5. The van der Waals surface area contributed by atoms with Crippen molar-refractivity contribution >= 4 is 11.6 Å². The van der Waals surface area contributed by atoms with Crippen LogP contribution in [0, 0.1) is 0 Å². The maximum atomic E-state index is 13.6. The molecule has 2 heterocycles. The lowest BCUT2D eigenvalue weighted by molar-refractivity contribution is -0.138. The molecular weight excluding hydrogens is 437 g/mol. The normalized spacial score (nSPS) is 11.6. The summed E-state index contributed by atoms with van der Waals surface area (Å²) in [4.78, 5) is 12.2. The van der Waals surface area contributed by atoms with Gasteiger partial charge in [-0.1, -0.05) is 17.7 Å². The molecule has 0 aliphatic heterocycles. The van der Waals surface area contributed by atoms with Crippen LogP contribution >= 0.6 is 11.6 Å². The molecule has 12 heteroatoms. The molecule has 160 valence electrons. The van der Waals surface area contributed by atoms with Gasteiger partial charge in [-0.25, -0.2) is 9.48 Å². The van der Waals surface area contributed by atoms with Crippen molar-refractivity contribution in [3.05, 3.63) is 81.4 Å². The number of nitrogens with zero attached hydrogens (tertiary/aromatic N) is 6. The van der Waals surface area contributed by atoms with E-state index in [0.29, 0.717) is 10.7 Å². The van der Waals surface area contributed by atoms with Crippen molar-refractivity contribution < 1.29 is 17.9 Å². The van der Waals surface area contributed by atoms with Crippen LogP contribution in [-0.2, 0) is 19.8 Å². The largest absolute Gasteiger partial charge is 0.472 e. The van der Waals surface area contributed by atoms with Gasteiger partial charge in [0.1, 0.15) is 6.61 Å². The lowest BCUT2D eigenvalue weighted by atomic mass is 10.1. The number of hydrogen-bond donors (Lipinski definition) is 0. The predicted molar refractivity (Wildman–Crippen MR) is 105 cm³/mol. The molecule has 0 atom stereocenters. The van der Waals surface area contributed by atoms with Gasteiger partial charge in [-0.3, -0.25) is 0 Å². The third-order valence-electron chi connectivity index (χ3n) is 4.43. The summed E-state index contributed by atoms with van der Waals surface area (Å²) in [5, 5.41) is 12.0. The Hall–Kier alpha value is -3.60. The molecule has 0 aliphatic rings. The summed E-state index contributed by atoms with van der Waals surface area (Å²) >= 11 is 5.87. The van der Waals surface area contributed by atoms with Crippen LogP contribution in [-0.4, -0.2) is 29.6 Å². The summed E-state index contributed by atoms with van der Waals surface area (Å²) in [5.74, 6) is 0.101. The van der Waals surface area contributed by atoms with Gasteiger partial charge in [0.05, 0.1) is 16.9 Å². The molecule has 0 amide bonds. The molecule has 0 radical (unpaired) electrons. The lowest BCUT2D eigenvalue weighted by Crippen LogP contribution is -2.24. The summed E-state index contributed by atoms with van der Waals surface area (Å²) in [6.45, 7) is -0.494. The molecule has 0 saturated carbocycles. The summed E-state index contributed by atoms with van der Waals surface area (Å²) in [5.41, 5.74) is -1.28. The maximum absolute atomic E-state index is 13.6. The SMILES string of the molecule is Cn1nnn(-c2cccc(C(F)(F)F)c2COc2ccn(-c3ccc(Cl)cc3)n2)c1=O. The summed E-state index contributed by atoms with van der Waals surface area (Å²) < 4.78 is 49.6. The van der Waals surface area contributed by atoms with E-state index >= 15 is 0 Å². The van der Waals surface area contributed by atoms with Gasteiger partial charge in [0.25, 0.3) is 0 Å². The highest BCUT2D eigenvalue weighted by Crippen LogP contribution is 2.34. The second-order valence-electron chi connectivity index (χ2n) is 6.46. The zero-order chi connectivity index (χ0) is 22.2. The van der Waals surface area contributed by atoms with Crippen molar-refractivity contribution in [3.63, 3.8) is 0 Å². The first-order valence-electron chi connectivity index (χ1n) is 8.87. The van der Waals surface area contributed by atoms with Crippen LogP contribution in [0.2, 0.25) is 5.02 Å². The third-order valence-corrected chi connectivity index (χ3v) is 4.68. The van der Waals surface area contributed by atoms with E-state index in [1.165, 1.54) is 29.9 Å². The average molecular weight is 451 g/mol. The standard InChI is InChI=1S/C19H14ClF3N6O2/c1-27-18(30)29(26-25-27)16-4-2-3-15(19(21,22)23)14(16)11-31-17-9-10-28(24-17)13-7-5-12(20)6-8-13/h2-10H,11H2,1H3. The molecule has 0 unspecified atom stereocenters. The summed E-state index contributed by atoms with van der Waals surface area (Å²) in [6.07, 6.45) is -3.06. The van der Waals surface area contributed by atoms with E-state index in [4.69, 9.17) is 16.3 Å². The van der Waals surface area contributed by atoms with Crippen LogP contribution < -0.4 is 10.4 Å². The Balaban J connectivity index is 1.67. The number of benzene rings is 2. The number of tetrazole rings is 1. The molecule has 31 heavy (non-hydrogen) atoms. The first-order valence-corrected chi connectivity index (χ1v) is 9.25. The number of rotatable bonds is 5. The Morgan fingerprint density at radius 1 is 1.06 bits per heavy atom. The molecule has 0 saturated heterocycles. The van der Waals surface area contributed by atoms with Crippen LogP contribution in [0.5, 0.6) is 5.88 Å². The number of aryl methyl sites for hydroxylation is 1. The fraction of sp³-hybridized carbons (Fsp3) is 0.158. The number of alkyl halides is 3. The van der Waals surface area contributed by atoms with Crippen molar-refractivity contribution in [2.24, 2.45) is 7.05 Å². The van der Waals surface area contributed by atoms with Gasteiger partial charge in [-0.15, -0.1) is 5.10 Å². The molecule has 8 nitrogen and oxygen atoms in total. The molecule has 4 rings (SSSR count). The Bertz CT molecular complexity index is 1280. The second kappa shape index (κ2) is 7.91. The topological polar surface area (TPSA) is 79.8 Å². The lowest BCUT2D eigenvalue weighted by Gasteiger charge is -2.16. The maximum Gasteiger partial charge on any atom is 0.416 e. The Morgan fingerprint density at radius 3 is 2.45 bits per heavy atom. The van der Waals surface area contributed by atoms with Crippen molar-refractivity contribution in [3.8, 4) is 17.3 Å². The first-order chi connectivity index (χ1) is 14.7. The minimum atomic E-state index is -4.66. The van der Waals surface area contributed by atoms with Gasteiger partial charge >= 0.3 is 11.9 Å². The van der Waals surface area contributed by atoms with Crippen LogP contribution in [0.25, 0.3) is 11.4 Å². The van der Waals surface area contributed by atoms with Crippen LogP contribution in [0.3, 0.4) is 0 Å². The fourth-order valence-corrected chi connectivity index (χ4v) is 3.05. The van der Waals surface area contributed by atoms with E-state index < -0.39 is 24.0 Å². The zero-order valence-electron chi connectivity index (χ0n) is 15.9. The van der Waals surface area contributed by atoms with Gasteiger partial charge in [-0.05, 0) is 46.8 Å². The smallest absolute Gasteiger partial charge is 0.416 e. The molecule has 0 N–H and O–H groups in total. The Labute approximate surface area is 178 Å². The van der Waals surface area contributed by atoms with E-state index in [9.17, 15) is 18.0 Å². The van der Waals surface area contributed by atoms with E-state index in [2.05, 4.69) is 15.5 Å². The van der Waals surface area contributed by atoms with Crippen molar-refractivity contribution in [1.29, 1.82) is 0 Å². The highest BCUT2D eigenvalue weighted by molar-refractivity contribution is 6.30. The fourth-order valence-electron chi connectivity index (χ4n) is 2.92. The molecule has 0 spiro atoms. The number of aromatic nitrogens is 6. The molecule has 0 bridgehead atoms. The van der Waals surface area contributed by atoms with Gasteiger partial charge in [0, 0.05) is 29.9 Å². The average Bonchev–Trinajstić information content (AvgIpc) is 3.33. The molecule has 0 aliphatic carbocycles. The van der Waals surface area contributed by atoms with Crippen LogP contribution in [0.15, 0.2) is 59.5 Å². The van der Waals surface area contributed by atoms with E-state index in [1.807, 2.05) is 0 Å². The molecule has 2 aromatic heterocycles. The quantitative estimate of drug-likeness (QED) is 0.465. The minimum Gasteiger partial charge on any atom is -0.472 e. The summed E-state index contributed by atoms with van der Waals surface area (Å²) in [7, 11) is 1.35. The van der Waals surface area contributed by atoms with E-state index in [-0.39, 0.29) is 17.1 Å². The first kappa shape index (κ1) is 20.7. The second-order valence-corrected chi connectivity index (χ2v) is 6.90. The van der Waals surface area contributed by atoms with E-state index in [0.717, 1.165) is 15.4 Å². The monoisotopic (exact) mass is 450 g/mol. The summed E-state index contributed by atoms with van der Waals surface area (Å²) in [6, 6.07) is 11.8. The van der Waals surface area contributed by atoms with Crippen molar-refractivity contribution in [2.45, 2.75) is 12.8 Å². The molecule has 4 aromatic rings.